The molecule has 3 aromatic carbocycles. The Kier molecular flexibility index (Phi) is 14.3. The summed E-state index contributed by atoms with van der Waals surface area (Å²) in [6.07, 6.45) is 9.50. The van der Waals surface area contributed by atoms with Gasteiger partial charge >= 0.3 is 23.9 Å². The second-order valence-electron chi connectivity index (χ2n) is 13.3. The van der Waals surface area contributed by atoms with Gasteiger partial charge in [0.2, 0.25) is 0 Å². The smallest absolute Gasteiger partial charge is 0.343 e. The molecule has 0 heterocycles. The third-order valence-corrected chi connectivity index (χ3v) is 9.37. The van der Waals surface area contributed by atoms with Gasteiger partial charge in [0.1, 0.15) is 36.6 Å². The molecule has 5 rings (SSSR count). The number of carbonyl (C=O) groups excluding carboxylic acids is 4. The van der Waals surface area contributed by atoms with E-state index in [4.69, 9.17) is 28.4 Å². The van der Waals surface area contributed by atoms with Gasteiger partial charge in [-0.3, -0.25) is 4.79 Å². The molecule has 0 aliphatic heterocycles. The van der Waals surface area contributed by atoms with Crippen molar-refractivity contribution in [2.24, 2.45) is 0 Å². The maximum atomic E-state index is 13.1. The third-order valence-electron chi connectivity index (χ3n) is 9.37. The molecule has 280 valence electrons. The van der Waals surface area contributed by atoms with Crippen molar-refractivity contribution in [3.05, 3.63) is 102 Å². The molecule has 0 aromatic heterocycles. The van der Waals surface area contributed by atoms with Gasteiger partial charge in [0, 0.05) is 17.6 Å². The van der Waals surface area contributed by atoms with Gasteiger partial charge in [-0.25, -0.2) is 14.4 Å². The fourth-order valence-electron chi connectivity index (χ4n) is 6.50. The van der Waals surface area contributed by atoms with Crippen LogP contribution in [0.25, 0.3) is 11.1 Å². The molecule has 0 radical (unpaired) electrons. The van der Waals surface area contributed by atoms with Crippen LogP contribution in [0.1, 0.15) is 98.5 Å². The lowest BCUT2D eigenvalue weighted by atomic mass is 9.98. The molecule has 1 fully saturated rings. The molecular formula is C43H48O10. The van der Waals surface area contributed by atoms with E-state index in [1.54, 1.807) is 30.3 Å². The number of rotatable bonds is 19. The van der Waals surface area contributed by atoms with Crippen molar-refractivity contribution in [1.82, 2.24) is 0 Å². The van der Waals surface area contributed by atoms with Gasteiger partial charge < -0.3 is 28.4 Å². The van der Waals surface area contributed by atoms with Crippen LogP contribution in [0.2, 0.25) is 0 Å². The summed E-state index contributed by atoms with van der Waals surface area (Å²) in [5, 5.41) is 0. The fraction of sp³-hybridized carbons (Fsp3) is 0.395. The largest absolute Gasteiger partial charge is 0.494 e. The van der Waals surface area contributed by atoms with Gasteiger partial charge in [0.15, 0.2) is 0 Å². The molecule has 1 unspecified atom stereocenters. The highest BCUT2D eigenvalue weighted by molar-refractivity contribution is 5.94. The van der Waals surface area contributed by atoms with E-state index >= 15 is 0 Å². The van der Waals surface area contributed by atoms with E-state index in [0.29, 0.717) is 30.3 Å². The zero-order valence-corrected chi connectivity index (χ0v) is 30.4. The van der Waals surface area contributed by atoms with Crippen molar-refractivity contribution in [1.29, 1.82) is 0 Å². The van der Waals surface area contributed by atoms with Crippen molar-refractivity contribution in [2.75, 3.05) is 26.4 Å². The first-order valence-electron chi connectivity index (χ1n) is 18.4. The highest BCUT2D eigenvalue weighted by Crippen LogP contribution is 2.46. The standard InChI is InChI=1S/C43H48O10/c1-4-40(44)50-23-11-6-5-10-22-48-35-19-21-37-36-20-14-31(27-38(36)30(3)39(37)28-35)43(47)53-34-17-15-32(16-18-34)49-24-25-51-42(46)29(2)26-41(45)52-33-12-8-7-9-13-33/h4,14-21,27-28,30,33H,1-2,5-13,22-26H2,3H3. The Labute approximate surface area is 311 Å². The maximum absolute atomic E-state index is 13.1. The highest BCUT2D eigenvalue weighted by atomic mass is 16.6. The fourth-order valence-corrected chi connectivity index (χ4v) is 6.50. The number of ether oxygens (including phenoxy) is 6. The second-order valence-corrected chi connectivity index (χ2v) is 13.3. The molecule has 10 heteroatoms. The second kappa shape index (κ2) is 19.5. The van der Waals surface area contributed by atoms with Crippen LogP contribution in [0, 0.1) is 0 Å². The number of hydrogen-bond donors (Lipinski definition) is 0. The van der Waals surface area contributed by atoms with Crippen LogP contribution >= 0.6 is 0 Å². The summed E-state index contributed by atoms with van der Waals surface area (Å²) < 4.78 is 33.0. The zero-order chi connectivity index (χ0) is 37.6. The first-order chi connectivity index (χ1) is 25.7. The summed E-state index contributed by atoms with van der Waals surface area (Å²) in [5.41, 5.74) is 4.90. The van der Waals surface area contributed by atoms with E-state index in [-0.39, 0.29) is 37.2 Å². The number of esters is 4. The Morgan fingerprint density at radius 1 is 0.717 bits per heavy atom. The molecule has 0 N–H and O–H groups in total. The maximum Gasteiger partial charge on any atom is 0.343 e. The van der Waals surface area contributed by atoms with Crippen molar-refractivity contribution < 1.29 is 47.6 Å². The van der Waals surface area contributed by atoms with Crippen LogP contribution in [0.5, 0.6) is 17.2 Å². The Bertz CT molecular complexity index is 1770. The SMILES string of the molecule is C=CC(=O)OCCCCCCOc1ccc2c(c1)C(C)c1cc(C(=O)Oc3ccc(OCCOC(=O)C(=C)CC(=O)OC4CCCCC4)cc3)ccc1-2. The lowest BCUT2D eigenvalue weighted by Gasteiger charge is -2.21. The van der Waals surface area contributed by atoms with Crippen LogP contribution in [0.3, 0.4) is 0 Å². The van der Waals surface area contributed by atoms with Gasteiger partial charge in [0.05, 0.1) is 25.2 Å². The molecule has 3 aromatic rings. The van der Waals surface area contributed by atoms with Crippen LogP contribution in [0.4, 0.5) is 0 Å². The highest BCUT2D eigenvalue weighted by Gasteiger charge is 2.27. The quantitative estimate of drug-likeness (QED) is 0.0391. The first kappa shape index (κ1) is 38.8. The van der Waals surface area contributed by atoms with Gasteiger partial charge in [0.25, 0.3) is 0 Å². The molecule has 0 amide bonds. The van der Waals surface area contributed by atoms with Crippen molar-refractivity contribution in [3.8, 4) is 28.4 Å². The minimum atomic E-state index is -0.665. The Morgan fingerprint density at radius 2 is 1.36 bits per heavy atom. The normalized spacial score (nSPS) is 14.6. The van der Waals surface area contributed by atoms with Gasteiger partial charge in [-0.2, -0.15) is 0 Å². The van der Waals surface area contributed by atoms with E-state index in [9.17, 15) is 19.2 Å². The molecule has 53 heavy (non-hydrogen) atoms. The van der Waals surface area contributed by atoms with Gasteiger partial charge in [-0.15, -0.1) is 0 Å². The molecule has 1 atom stereocenters. The van der Waals surface area contributed by atoms with Crippen molar-refractivity contribution in [3.63, 3.8) is 0 Å². The molecule has 10 nitrogen and oxygen atoms in total. The molecule has 2 aliphatic rings. The number of hydrogen-bond acceptors (Lipinski definition) is 10. The van der Waals surface area contributed by atoms with E-state index in [0.717, 1.165) is 85.8 Å². The number of carbonyl (C=O) groups is 4. The van der Waals surface area contributed by atoms with Gasteiger partial charge in [-0.05, 0) is 122 Å². The average Bonchev–Trinajstić information content (AvgIpc) is 3.45. The third kappa shape index (κ3) is 11.3. The summed E-state index contributed by atoms with van der Waals surface area (Å²) in [6.45, 7) is 10.2. The Balaban J connectivity index is 1.02. The van der Waals surface area contributed by atoms with E-state index < -0.39 is 23.9 Å². The summed E-state index contributed by atoms with van der Waals surface area (Å²) in [7, 11) is 0. The summed E-state index contributed by atoms with van der Waals surface area (Å²) in [4.78, 5) is 48.6. The predicted molar refractivity (Wildman–Crippen MR) is 199 cm³/mol. The molecule has 2 aliphatic carbocycles. The molecule has 0 bridgehead atoms. The van der Waals surface area contributed by atoms with Crippen molar-refractivity contribution in [2.45, 2.75) is 83.2 Å². The Morgan fingerprint density at radius 3 is 2.09 bits per heavy atom. The summed E-state index contributed by atoms with van der Waals surface area (Å²) in [6, 6.07) is 18.3. The van der Waals surface area contributed by atoms with E-state index in [1.165, 1.54) is 6.08 Å². The Hall–Kier alpha value is -5.38. The lowest BCUT2D eigenvalue weighted by molar-refractivity contribution is -0.151. The van der Waals surface area contributed by atoms with Crippen LogP contribution < -0.4 is 14.2 Å². The summed E-state index contributed by atoms with van der Waals surface area (Å²) in [5.74, 6) is -0.235. The van der Waals surface area contributed by atoms with E-state index in [1.807, 2.05) is 18.2 Å². The van der Waals surface area contributed by atoms with Crippen molar-refractivity contribution >= 4 is 23.9 Å². The molecule has 1 saturated carbocycles. The van der Waals surface area contributed by atoms with Crippen LogP contribution in [0.15, 0.2) is 85.5 Å². The predicted octanol–water partition coefficient (Wildman–Crippen LogP) is 8.45. The molecule has 0 spiro atoms. The van der Waals surface area contributed by atoms with Gasteiger partial charge in [-0.1, -0.05) is 38.6 Å². The number of fused-ring (bicyclic) bond motifs is 3. The minimum Gasteiger partial charge on any atom is -0.494 e. The minimum absolute atomic E-state index is 0.0274. The van der Waals surface area contributed by atoms with E-state index in [2.05, 4.69) is 32.2 Å². The monoisotopic (exact) mass is 724 g/mol. The molecular weight excluding hydrogens is 676 g/mol. The molecule has 0 saturated heterocycles. The van der Waals surface area contributed by atoms with Crippen LogP contribution in [-0.4, -0.2) is 56.4 Å². The summed E-state index contributed by atoms with van der Waals surface area (Å²) >= 11 is 0. The number of unbranched alkanes of at least 4 members (excludes halogenated alkanes) is 3. The average molecular weight is 725 g/mol. The number of benzene rings is 3. The lowest BCUT2D eigenvalue weighted by Crippen LogP contribution is -2.22. The zero-order valence-electron chi connectivity index (χ0n) is 30.4. The topological polar surface area (TPSA) is 124 Å². The first-order valence-corrected chi connectivity index (χ1v) is 18.4. The van der Waals surface area contributed by atoms with Crippen LogP contribution in [-0.2, 0) is 28.6 Å².